The summed E-state index contributed by atoms with van der Waals surface area (Å²) in [5.74, 6) is 0.0396. The number of carbonyl (C=O) groups excluding carboxylic acids is 1. The van der Waals surface area contributed by atoms with Crippen molar-refractivity contribution in [2.45, 2.75) is 25.9 Å². The SMILES string of the molecule is Cc1cc([C@H]2[C@@H](c3ccccn3)NC(=S)N2CC(=O)Nc2ccccc2)c(C)n1-c1ccccc1O. The molecule has 182 valence electrons. The summed E-state index contributed by atoms with van der Waals surface area (Å²) >= 11 is 5.74. The third-order valence-corrected chi connectivity index (χ3v) is 6.83. The van der Waals surface area contributed by atoms with Crippen molar-refractivity contribution >= 4 is 28.9 Å². The van der Waals surface area contributed by atoms with E-state index in [2.05, 4.69) is 21.7 Å². The lowest BCUT2D eigenvalue weighted by molar-refractivity contribution is -0.116. The summed E-state index contributed by atoms with van der Waals surface area (Å²) in [6.45, 7) is 4.11. The van der Waals surface area contributed by atoms with E-state index in [9.17, 15) is 9.90 Å². The number of anilines is 1. The number of carbonyl (C=O) groups is 1. The molecular formula is C28H27N5O2S. The molecule has 2 aromatic heterocycles. The molecule has 1 saturated heterocycles. The Kier molecular flexibility index (Phi) is 6.43. The molecule has 8 heteroatoms. The zero-order valence-electron chi connectivity index (χ0n) is 20.1. The number of aromatic nitrogens is 2. The van der Waals surface area contributed by atoms with Crippen LogP contribution in [0.2, 0.25) is 0 Å². The van der Waals surface area contributed by atoms with Gasteiger partial charge in [-0.05, 0) is 74.1 Å². The fraction of sp³-hybridized carbons (Fsp3) is 0.179. The van der Waals surface area contributed by atoms with Crippen molar-refractivity contribution in [1.82, 2.24) is 19.8 Å². The van der Waals surface area contributed by atoms with Gasteiger partial charge in [-0.15, -0.1) is 0 Å². The molecule has 4 aromatic rings. The van der Waals surface area contributed by atoms with Gasteiger partial charge in [-0.1, -0.05) is 36.4 Å². The van der Waals surface area contributed by atoms with Crippen LogP contribution in [-0.2, 0) is 4.79 Å². The summed E-state index contributed by atoms with van der Waals surface area (Å²) in [5, 5.41) is 17.4. The van der Waals surface area contributed by atoms with Crippen molar-refractivity contribution in [2.24, 2.45) is 0 Å². The van der Waals surface area contributed by atoms with Crippen LogP contribution in [0, 0.1) is 13.8 Å². The van der Waals surface area contributed by atoms with Crippen molar-refractivity contribution in [3.05, 3.63) is 108 Å². The average Bonchev–Trinajstić information content (AvgIpc) is 3.35. The van der Waals surface area contributed by atoms with Gasteiger partial charge in [0.1, 0.15) is 12.3 Å². The molecule has 3 heterocycles. The fourth-order valence-corrected chi connectivity index (χ4v) is 5.21. The van der Waals surface area contributed by atoms with Crippen LogP contribution in [0.15, 0.2) is 85.1 Å². The molecular weight excluding hydrogens is 470 g/mol. The Labute approximate surface area is 215 Å². The second-order valence-corrected chi connectivity index (χ2v) is 9.21. The van der Waals surface area contributed by atoms with Crippen LogP contribution in [0.1, 0.15) is 34.7 Å². The van der Waals surface area contributed by atoms with Gasteiger partial charge in [0.2, 0.25) is 5.91 Å². The molecule has 0 saturated carbocycles. The first-order valence-corrected chi connectivity index (χ1v) is 12.1. The molecule has 0 unspecified atom stereocenters. The van der Waals surface area contributed by atoms with E-state index in [4.69, 9.17) is 12.2 Å². The molecule has 2 atom stereocenters. The van der Waals surface area contributed by atoms with Crippen molar-refractivity contribution < 1.29 is 9.90 Å². The van der Waals surface area contributed by atoms with Gasteiger partial charge in [0.25, 0.3) is 0 Å². The van der Waals surface area contributed by atoms with E-state index in [1.807, 2.05) is 84.0 Å². The van der Waals surface area contributed by atoms with E-state index in [0.29, 0.717) is 10.8 Å². The van der Waals surface area contributed by atoms with Crippen LogP contribution in [0.3, 0.4) is 0 Å². The van der Waals surface area contributed by atoms with Gasteiger partial charge < -0.3 is 25.2 Å². The van der Waals surface area contributed by atoms with Crippen LogP contribution in [0.25, 0.3) is 5.69 Å². The summed E-state index contributed by atoms with van der Waals surface area (Å²) in [7, 11) is 0. The first-order valence-electron chi connectivity index (χ1n) is 11.7. The minimum atomic E-state index is -0.278. The summed E-state index contributed by atoms with van der Waals surface area (Å²) in [4.78, 5) is 19.6. The number of rotatable bonds is 6. The third kappa shape index (κ3) is 4.43. The minimum absolute atomic E-state index is 0.0784. The topological polar surface area (TPSA) is 82.4 Å². The predicted molar refractivity (Wildman–Crippen MR) is 144 cm³/mol. The summed E-state index contributed by atoms with van der Waals surface area (Å²) < 4.78 is 2.03. The number of nitrogens with zero attached hydrogens (tertiary/aromatic N) is 3. The highest BCUT2D eigenvalue weighted by Gasteiger charge is 2.42. The molecule has 0 bridgehead atoms. The van der Waals surface area contributed by atoms with E-state index < -0.39 is 0 Å². The number of amides is 1. The van der Waals surface area contributed by atoms with Gasteiger partial charge in [-0.2, -0.15) is 0 Å². The highest BCUT2D eigenvalue weighted by molar-refractivity contribution is 7.80. The molecule has 1 aliphatic heterocycles. The maximum Gasteiger partial charge on any atom is 0.244 e. The molecule has 36 heavy (non-hydrogen) atoms. The van der Waals surface area contributed by atoms with E-state index in [1.165, 1.54) is 0 Å². The molecule has 1 amide bonds. The number of hydrogen-bond donors (Lipinski definition) is 3. The second kappa shape index (κ2) is 9.83. The smallest absolute Gasteiger partial charge is 0.244 e. The maximum absolute atomic E-state index is 13.1. The first-order chi connectivity index (χ1) is 17.4. The molecule has 0 spiro atoms. The quantitative estimate of drug-likeness (QED) is 0.332. The second-order valence-electron chi connectivity index (χ2n) is 8.82. The number of pyridine rings is 1. The summed E-state index contributed by atoms with van der Waals surface area (Å²) in [6.07, 6.45) is 1.76. The number of phenolic OH excluding ortho intramolecular Hbond substituents is 1. The number of aryl methyl sites for hydroxylation is 1. The Morgan fingerprint density at radius 3 is 2.50 bits per heavy atom. The minimum Gasteiger partial charge on any atom is -0.506 e. The highest BCUT2D eigenvalue weighted by Crippen LogP contribution is 2.41. The number of nitrogens with one attached hydrogen (secondary N) is 2. The van der Waals surface area contributed by atoms with E-state index in [-0.39, 0.29) is 30.3 Å². The van der Waals surface area contributed by atoms with Gasteiger partial charge in [0.15, 0.2) is 5.11 Å². The Balaban J connectivity index is 1.55. The number of thiocarbonyl (C=S) groups is 1. The number of hydrogen-bond acceptors (Lipinski definition) is 4. The summed E-state index contributed by atoms with van der Waals surface area (Å²) in [6, 6.07) is 24.0. The Morgan fingerprint density at radius 2 is 1.78 bits per heavy atom. The lowest BCUT2D eigenvalue weighted by Gasteiger charge is -2.27. The molecule has 0 aliphatic carbocycles. The van der Waals surface area contributed by atoms with E-state index >= 15 is 0 Å². The largest absolute Gasteiger partial charge is 0.506 e. The summed E-state index contributed by atoms with van der Waals surface area (Å²) in [5.41, 5.74) is 5.20. The van der Waals surface area contributed by atoms with Gasteiger partial charge in [-0.25, -0.2) is 0 Å². The molecule has 5 rings (SSSR count). The lowest BCUT2D eigenvalue weighted by Crippen LogP contribution is -2.37. The van der Waals surface area contributed by atoms with Gasteiger partial charge in [-0.3, -0.25) is 9.78 Å². The van der Waals surface area contributed by atoms with Crippen molar-refractivity contribution in [3.63, 3.8) is 0 Å². The zero-order chi connectivity index (χ0) is 25.2. The lowest BCUT2D eigenvalue weighted by atomic mass is 9.96. The molecule has 2 aromatic carbocycles. The van der Waals surface area contributed by atoms with Crippen molar-refractivity contribution in [2.75, 3.05) is 11.9 Å². The molecule has 0 radical (unpaired) electrons. The van der Waals surface area contributed by atoms with Crippen LogP contribution < -0.4 is 10.6 Å². The number of aromatic hydroxyl groups is 1. The van der Waals surface area contributed by atoms with Crippen LogP contribution in [-0.4, -0.2) is 37.1 Å². The average molecular weight is 498 g/mol. The highest BCUT2D eigenvalue weighted by atomic mass is 32.1. The van der Waals surface area contributed by atoms with Crippen molar-refractivity contribution in [1.29, 1.82) is 0 Å². The first kappa shape index (κ1) is 23.6. The van der Waals surface area contributed by atoms with E-state index in [0.717, 1.165) is 28.3 Å². The predicted octanol–water partition coefficient (Wildman–Crippen LogP) is 4.81. The Bertz CT molecular complexity index is 1400. The van der Waals surface area contributed by atoms with Gasteiger partial charge in [0.05, 0.1) is 23.5 Å². The molecule has 1 fully saturated rings. The molecule has 7 nitrogen and oxygen atoms in total. The standard InChI is InChI=1S/C28H27N5O2S/c1-18-16-21(19(2)33(18)23-13-6-7-14-24(23)34)27-26(22-12-8-9-15-29-22)31-28(36)32(27)17-25(35)30-20-10-4-3-5-11-20/h3-16,26-27,34H,17H2,1-2H3,(H,30,35)(H,31,36)/t26-,27+/m1/s1. The molecule has 1 aliphatic rings. The van der Waals surface area contributed by atoms with Crippen LogP contribution in [0.4, 0.5) is 5.69 Å². The number of para-hydroxylation sites is 3. The van der Waals surface area contributed by atoms with Crippen LogP contribution in [0.5, 0.6) is 5.75 Å². The van der Waals surface area contributed by atoms with Crippen LogP contribution >= 0.6 is 12.2 Å². The third-order valence-electron chi connectivity index (χ3n) is 6.48. The zero-order valence-corrected chi connectivity index (χ0v) is 20.9. The fourth-order valence-electron chi connectivity index (χ4n) is 4.90. The number of phenols is 1. The Morgan fingerprint density at radius 1 is 1.06 bits per heavy atom. The number of benzene rings is 2. The monoisotopic (exact) mass is 497 g/mol. The molecule has 3 N–H and O–H groups in total. The normalized spacial score (nSPS) is 17.2. The van der Waals surface area contributed by atoms with E-state index in [1.54, 1.807) is 18.3 Å². The Hall–Kier alpha value is -4.17. The van der Waals surface area contributed by atoms with Gasteiger partial charge in [0, 0.05) is 23.3 Å². The maximum atomic E-state index is 13.1. The van der Waals surface area contributed by atoms with Gasteiger partial charge >= 0.3 is 0 Å². The van der Waals surface area contributed by atoms with Crippen molar-refractivity contribution in [3.8, 4) is 11.4 Å².